The molecule has 3 saturated heterocycles. The van der Waals surface area contributed by atoms with Crippen molar-refractivity contribution in [1.29, 1.82) is 0 Å². The van der Waals surface area contributed by atoms with Crippen LogP contribution >= 0.6 is 12.4 Å². The molecule has 0 aliphatic carbocycles. The zero-order valence-corrected chi connectivity index (χ0v) is 14.5. The molecule has 4 nitrogen and oxygen atoms in total. The lowest BCUT2D eigenvalue weighted by Crippen LogP contribution is -2.66. The molecule has 1 atom stereocenters. The van der Waals surface area contributed by atoms with Crippen molar-refractivity contribution in [2.75, 3.05) is 18.4 Å². The molecule has 3 fully saturated rings. The molecule has 1 aromatic heterocycles. The van der Waals surface area contributed by atoms with E-state index in [2.05, 4.69) is 29.2 Å². The summed E-state index contributed by atoms with van der Waals surface area (Å²) in [6, 6.07) is 3.55. The van der Waals surface area contributed by atoms with E-state index in [0.717, 1.165) is 5.39 Å². The van der Waals surface area contributed by atoms with Gasteiger partial charge in [-0.2, -0.15) is 0 Å². The van der Waals surface area contributed by atoms with Crippen LogP contribution in [0.1, 0.15) is 32.3 Å². The number of piperidine rings is 3. The molecule has 2 bridgehead atoms. The zero-order chi connectivity index (χ0) is 15.5. The number of aromatic nitrogens is 1. The second-order valence-corrected chi connectivity index (χ2v) is 7.23. The fraction of sp³-hybridized carbons (Fsp3) is 0.588. The summed E-state index contributed by atoms with van der Waals surface area (Å²) in [5.41, 5.74) is 1.30. The van der Waals surface area contributed by atoms with Crippen LogP contribution in [0.15, 0.2) is 16.7 Å². The molecule has 4 heterocycles. The monoisotopic (exact) mass is 339 g/mol. The Kier molecular flexibility index (Phi) is 4.05. The number of hydrogen-bond donors (Lipinski definition) is 1. The predicted molar refractivity (Wildman–Crippen MR) is 91.7 cm³/mol. The fourth-order valence-electron chi connectivity index (χ4n) is 4.19. The molecule has 6 heteroatoms. The highest BCUT2D eigenvalue weighted by Gasteiger charge is 2.47. The summed E-state index contributed by atoms with van der Waals surface area (Å²) in [6.45, 7) is 8.64. The van der Waals surface area contributed by atoms with Crippen LogP contribution in [0.2, 0.25) is 0 Å². The van der Waals surface area contributed by atoms with Crippen LogP contribution in [-0.2, 0) is 0 Å². The normalized spacial score (nSPS) is 28.6. The quantitative estimate of drug-likeness (QED) is 0.898. The maximum absolute atomic E-state index is 13.9. The van der Waals surface area contributed by atoms with Gasteiger partial charge in [-0.1, -0.05) is 5.16 Å². The number of nitrogens with one attached hydrogen (secondary N) is 1. The molecule has 23 heavy (non-hydrogen) atoms. The zero-order valence-electron chi connectivity index (χ0n) is 13.7. The summed E-state index contributed by atoms with van der Waals surface area (Å²) in [4.78, 5) is 2.54. The second kappa shape index (κ2) is 5.64. The summed E-state index contributed by atoms with van der Waals surface area (Å²) in [5, 5.41) is 8.44. The molecular formula is C17H23ClFN3O. The Hall–Kier alpha value is -1.33. The van der Waals surface area contributed by atoms with Crippen LogP contribution in [-0.4, -0.2) is 34.7 Å². The maximum atomic E-state index is 13.9. The van der Waals surface area contributed by atoms with E-state index in [1.54, 1.807) is 13.0 Å². The van der Waals surface area contributed by atoms with E-state index in [-0.39, 0.29) is 23.8 Å². The van der Waals surface area contributed by atoms with Gasteiger partial charge < -0.3 is 9.84 Å². The third-order valence-corrected chi connectivity index (χ3v) is 5.63. The third kappa shape index (κ3) is 2.50. The van der Waals surface area contributed by atoms with E-state index in [1.807, 2.05) is 0 Å². The van der Waals surface area contributed by atoms with Crippen LogP contribution < -0.4 is 5.32 Å². The first-order valence-corrected chi connectivity index (χ1v) is 8.04. The van der Waals surface area contributed by atoms with E-state index in [0.29, 0.717) is 28.9 Å². The summed E-state index contributed by atoms with van der Waals surface area (Å²) >= 11 is 0. The average molecular weight is 340 g/mol. The minimum Gasteiger partial charge on any atom is -0.362 e. The number of hydrogen-bond acceptors (Lipinski definition) is 4. The number of benzene rings is 1. The van der Waals surface area contributed by atoms with Gasteiger partial charge in [0.25, 0.3) is 0 Å². The molecular weight excluding hydrogens is 317 g/mol. The standard InChI is InChI=1S/C17H22FN3O.ClH/c1-10-8-14-12(9-13(10)18)16(20-22-14)19-15-11-4-6-21(7-5-11)17(15,2)3;/h8-9,11,15H,4-7H2,1-3H3,(H,19,20);1H. The first-order valence-electron chi connectivity index (χ1n) is 8.04. The summed E-state index contributed by atoms with van der Waals surface area (Å²) in [6.07, 6.45) is 2.43. The Bertz CT molecular complexity index is 722. The van der Waals surface area contributed by atoms with Gasteiger partial charge in [-0.25, -0.2) is 4.39 Å². The van der Waals surface area contributed by atoms with Crippen molar-refractivity contribution in [3.8, 4) is 0 Å². The van der Waals surface area contributed by atoms with Gasteiger partial charge in [0.05, 0.1) is 5.39 Å². The topological polar surface area (TPSA) is 41.3 Å². The van der Waals surface area contributed by atoms with Gasteiger partial charge in [-0.05, 0) is 70.3 Å². The maximum Gasteiger partial charge on any atom is 0.177 e. The molecule has 0 saturated carbocycles. The Morgan fingerprint density at radius 2 is 2.00 bits per heavy atom. The predicted octanol–water partition coefficient (Wildman–Crippen LogP) is 3.98. The highest BCUT2D eigenvalue weighted by atomic mass is 35.5. The highest BCUT2D eigenvalue weighted by Crippen LogP contribution is 2.41. The van der Waals surface area contributed by atoms with Crippen molar-refractivity contribution in [3.05, 3.63) is 23.5 Å². The highest BCUT2D eigenvalue weighted by molar-refractivity contribution is 5.88. The number of anilines is 1. The van der Waals surface area contributed by atoms with Gasteiger partial charge in [0, 0.05) is 11.6 Å². The third-order valence-electron chi connectivity index (χ3n) is 5.63. The summed E-state index contributed by atoms with van der Waals surface area (Å²) in [5.74, 6) is 1.09. The summed E-state index contributed by atoms with van der Waals surface area (Å²) < 4.78 is 19.3. The Morgan fingerprint density at radius 3 is 2.65 bits per heavy atom. The molecule has 3 aliphatic heterocycles. The van der Waals surface area contributed by atoms with E-state index >= 15 is 0 Å². The van der Waals surface area contributed by atoms with Crippen molar-refractivity contribution >= 4 is 29.2 Å². The first-order chi connectivity index (χ1) is 10.5. The van der Waals surface area contributed by atoms with Crippen molar-refractivity contribution in [2.45, 2.75) is 45.2 Å². The smallest absolute Gasteiger partial charge is 0.177 e. The molecule has 1 N–H and O–H groups in total. The second-order valence-electron chi connectivity index (χ2n) is 7.23. The SMILES string of the molecule is Cc1cc2onc(NC3C4CCN(CC4)C3(C)C)c2cc1F.Cl. The van der Waals surface area contributed by atoms with Crippen molar-refractivity contribution in [1.82, 2.24) is 10.1 Å². The van der Waals surface area contributed by atoms with Crippen LogP contribution in [0.25, 0.3) is 11.0 Å². The van der Waals surface area contributed by atoms with Gasteiger partial charge in [-0.15, -0.1) is 12.4 Å². The van der Waals surface area contributed by atoms with Crippen LogP contribution in [0, 0.1) is 18.7 Å². The van der Waals surface area contributed by atoms with E-state index in [9.17, 15) is 4.39 Å². The number of halogens is 2. The minimum atomic E-state index is -0.216. The van der Waals surface area contributed by atoms with Crippen molar-refractivity contribution in [3.63, 3.8) is 0 Å². The van der Waals surface area contributed by atoms with E-state index in [1.165, 1.54) is 32.0 Å². The molecule has 0 spiro atoms. The lowest BCUT2D eigenvalue weighted by atomic mass is 9.72. The lowest BCUT2D eigenvalue weighted by molar-refractivity contribution is -0.0189. The van der Waals surface area contributed by atoms with Gasteiger partial charge in [0.1, 0.15) is 5.82 Å². The van der Waals surface area contributed by atoms with Gasteiger partial charge in [-0.3, -0.25) is 4.90 Å². The van der Waals surface area contributed by atoms with Crippen LogP contribution in [0.4, 0.5) is 10.2 Å². The molecule has 0 amide bonds. The Balaban J connectivity index is 0.00000156. The van der Waals surface area contributed by atoms with E-state index < -0.39 is 0 Å². The Morgan fingerprint density at radius 1 is 1.30 bits per heavy atom. The fourth-order valence-corrected chi connectivity index (χ4v) is 4.19. The Labute approximate surface area is 141 Å². The van der Waals surface area contributed by atoms with Crippen LogP contribution in [0.3, 0.4) is 0 Å². The molecule has 1 aromatic carbocycles. The molecule has 126 valence electrons. The van der Waals surface area contributed by atoms with Gasteiger partial charge in [0.2, 0.25) is 0 Å². The molecule has 0 radical (unpaired) electrons. The first kappa shape index (κ1) is 16.5. The number of rotatable bonds is 2. The molecule has 3 aliphatic rings. The van der Waals surface area contributed by atoms with Crippen LogP contribution in [0.5, 0.6) is 0 Å². The van der Waals surface area contributed by atoms with Crippen molar-refractivity contribution < 1.29 is 8.91 Å². The van der Waals surface area contributed by atoms with Gasteiger partial charge >= 0.3 is 0 Å². The van der Waals surface area contributed by atoms with E-state index in [4.69, 9.17) is 4.52 Å². The molecule has 2 aromatic rings. The summed E-state index contributed by atoms with van der Waals surface area (Å²) in [7, 11) is 0. The minimum absolute atomic E-state index is 0. The number of fused-ring (bicyclic) bond motifs is 4. The van der Waals surface area contributed by atoms with Crippen molar-refractivity contribution in [2.24, 2.45) is 5.92 Å². The average Bonchev–Trinajstić information content (AvgIpc) is 2.86. The largest absolute Gasteiger partial charge is 0.362 e. The number of aryl methyl sites for hydroxylation is 1. The molecule has 5 rings (SSSR count). The van der Waals surface area contributed by atoms with Gasteiger partial charge in [0.15, 0.2) is 11.4 Å². The number of nitrogens with zero attached hydrogens (tertiary/aromatic N) is 2. The lowest BCUT2D eigenvalue weighted by Gasteiger charge is -2.56. The molecule has 1 unspecified atom stereocenters.